The highest BCUT2D eigenvalue weighted by atomic mass is 19.4. The molecule has 0 spiro atoms. The molecule has 0 amide bonds. The zero-order valence-electron chi connectivity index (χ0n) is 11.9. The summed E-state index contributed by atoms with van der Waals surface area (Å²) in [6, 6.07) is 6.17. The maximum absolute atomic E-state index is 12.8. The number of fused-ring (bicyclic) bond motifs is 1. The molecule has 8 heteroatoms. The van der Waals surface area contributed by atoms with Crippen molar-refractivity contribution in [3.63, 3.8) is 0 Å². The van der Waals surface area contributed by atoms with Crippen molar-refractivity contribution in [3.05, 3.63) is 36.0 Å². The normalized spacial score (nSPS) is 19.1. The van der Waals surface area contributed by atoms with Gasteiger partial charge in [0.25, 0.3) is 0 Å². The minimum absolute atomic E-state index is 0.0406. The van der Waals surface area contributed by atoms with Crippen LogP contribution in [0.4, 0.5) is 18.9 Å². The maximum atomic E-state index is 12.8. The Hall–Kier alpha value is -2.35. The van der Waals surface area contributed by atoms with E-state index in [2.05, 4.69) is 4.98 Å². The van der Waals surface area contributed by atoms with E-state index in [0.29, 0.717) is 23.1 Å². The Morgan fingerprint density at radius 2 is 2.13 bits per heavy atom. The van der Waals surface area contributed by atoms with Crippen molar-refractivity contribution in [1.82, 2.24) is 4.98 Å². The number of benzene rings is 1. The molecule has 1 fully saturated rings. The first kappa shape index (κ1) is 15.5. The number of aromatic nitrogens is 1. The lowest BCUT2D eigenvalue weighted by atomic mass is 10.1. The lowest BCUT2D eigenvalue weighted by Gasteiger charge is -2.35. The first-order valence-electron chi connectivity index (χ1n) is 6.91. The van der Waals surface area contributed by atoms with Crippen molar-refractivity contribution in [3.8, 4) is 0 Å². The fraction of sp³-hybridized carbons (Fsp3) is 0.333. The lowest BCUT2D eigenvalue weighted by molar-refractivity contribution is -0.221. The average Bonchev–Trinajstić information content (AvgIpc) is 2.53. The minimum Gasteiger partial charge on any atom is -0.478 e. The summed E-state index contributed by atoms with van der Waals surface area (Å²) in [6.45, 7) is -0.0561. The Morgan fingerprint density at radius 1 is 1.35 bits per heavy atom. The van der Waals surface area contributed by atoms with E-state index in [1.807, 2.05) is 0 Å². The highest BCUT2D eigenvalue weighted by Gasteiger charge is 2.43. The van der Waals surface area contributed by atoms with Crippen LogP contribution in [0.25, 0.3) is 10.9 Å². The predicted molar refractivity (Wildman–Crippen MR) is 76.7 cm³/mol. The second-order valence-corrected chi connectivity index (χ2v) is 5.21. The first-order valence-corrected chi connectivity index (χ1v) is 6.91. The number of carbonyl (C=O) groups is 1. The summed E-state index contributed by atoms with van der Waals surface area (Å²) in [5.74, 6) is -1.11. The van der Waals surface area contributed by atoms with Crippen LogP contribution in [0.15, 0.2) is 30.5 Å². The van der Waals surface area contributed by atoms with E-state index in [1.54, 1.807) is 23.1 Å². The quantitative estimate of drug-likeness (QED) is 0.919. The van der Waals surface area contributed by atoms with Gasteiger partial charge < -0.3 is 14.7 Å². The third kappa shape index (κ3) is 3.07. The molecule has 0 radical (unpaired) electrons. The smallest absolute Gasteiger partial charge is 0.416 e. The summed E-state index contributed by atoms with van der Waals surface area (Å²) in [7, 11) is 0. The third-order valence-corrected chi connectivity index (χ3v) is 3.75. The van der Waals surface area contributed by atoms with Gasteiger partial charge >= 0.3 is 12.1 Å². The van der Waals surface area contributed by atoms with E-state index in [-0.39, 0.29) is 18.7 Å². The maximum Gasteiger partial charge on any atom is 0.416 e. The Labute approximate surface area is 129 Å². The van der Waals surface area contributed by atoms with Crippen molar-refractivity contribution in [2.75, 3.05) is 24.6 Å². The Balaban J connectivity index is 1.97. The van der Waals surface area contributed by atoms with Gasteiger partial charge in [-0.25, -0.2) is 4.79 Å². The minimum atomic E-state index is -4.43. The Morgan fingerprint density at radius 3 is 2.83 bits per heavy atom. The van der Waals surface area contributed by atoms with E-state index >= 15 is 0 Å². The van der Waals surface area contributed by atoms with Crippen LogP contribution in [-0.2, 0) is 4.74 Å². The molecule has 0 saturated carbocycles. The number of anilines is 1. The van der Waals surface area contributed by atoms with Gasteiger partial charge in [-0.15, -0.1) is 0 Å². The molecule has 1 aromatic heterocycles. The summed E-state index contributed by atoms with van der Waals surface area (Å²) >= 11 is 0. The summed E-state index contributed by atoms with van der Waals surface area (Å²) < 4.78 is 43.2. The molecule has 3 rings (SSSR count). The highest BCUT2D eigenvalue weighted by Crippen LogP contribution is 2.30. The molecule has 1 N–H and O–H groups in total. The fourth-order valence-corrected chi connectivity index (χ4v) is 2.60. The van der Waals surface area contributed by atoms with Crippen LogP contribution in [0.2, 0.25) is 0 Å². The van der Waals surface area contributed by atoms with Crippen LogP contribution in [0, 0.1) is 0 Å². The number of hydrogen-bond donors (Lipinski definition) is 1. The Kier molecular flexibility index (Phi) is 3.85. The molecule has 0 bridgehead atoms. The van der Waals surface area contributed by atoms with Crippen LogP contribution in [0.5, 0.6) is 0 Å². The van der Waals surface area contributed by atoms with E-state index in [1.165, 1.54) is 12.3 Å². The van der Waals surface area contributed by atoms with E-state index in [9.17, 15) is 23.1 Å². The number of hydrogen-bond acceptors (Lipinski definition) is 4. The van der Waals surface area contributed by atoms with Crippen LogP contribution >= 0.6 is 0 Å². The van der Waals surface area contributed by atoms with Gasteiger partial charge in [-0.1, -0.05) is 0 Å². The fourth-order valence-electron chi connectivity index (χ4n) is 2.60. The van der Waals surface area contributed by atoms with E-state index in [4.69, 9.17) is 4.74 Å². The van der Waals surface area contributed by atoms with Crippen molar-refractivity contribution in [2.45, 2.75) is 12.3 Å². The van der Waals surface area contributed by atoms with Gasteiger partial charge in [0.2, 0.25) is 0 Å². The second kappa shape index (κ2) is 5.69. The first-order chi connectivity index (χ1) is 10.9. The molecule has 0 unspecified atom stereocenters. The molecular weight excluding hydrogens is 313 g/mol. The van der Waals surface area contributed by atoms with Gasteiger partial charge in [-0.3, -0.25) is 4.98 Å². The number of ether oxygens (including phenoxy) is 1. The molecule has 122 valence electrons. The molecule has 5 nitrogen and oxygen atoms in total. The van der Waals surface area contributed by atoms with Crippen molar-refractivity contribution < 1.29 is 27.8 Å². The second-order valence-electron chi connectivity index (χ2n) is 5.21. The van der Waals surface area contributed by atoms with E-state index < -0.39 is 18.2 Å². The van der Waals surface area contributed by atoms with Gasteiger partial charge in [-0.05, 0) is 24.3 Å². The standard InChI is InChI=1S/C15H13F3N2O3/c16-15(17,18)13-8-20(5-6-23-13)9-1-2-12-11(7-9)10(14(21)22)3-4-19-12/h1-4,7,13H,5-6,8H2,(H,21,22)/t13-/m0/s1. The number of rotatable bonds is 2. The van der Waals surface area contributed by atoms with Crippen LogP contribution in [0.3, 0.4) is 0 Å². The van der Waals surface area contributed by atoms with Gasteiger partial charge in [0.05, 0.1) is 24.2 Å². The van der Waals surface area contributed by atoms with Gasteiger partial charge in [0.15, 0.2) is 6.10 Å². The number of morpholine rings is 1. The molecule has 1 aliphatic heterocycles. The predicted octanol–water partition coefficient (Wildman–Crippen LogP) is 2.70. The monoisotopic (exact) mass is 326 g/mol. The van der Waals surface area contributed by atoms with Gasteiger partial charge in [0, 0.05) is 23.8 Å². The summed E-state index contributed by atoms with van der Waals surface area (Å²) in [6.07, 6.45) is -4.89. The lowest BCUT2D eigenvalue weighted by Crippen LogP contribution is -2.49. The SMILES string of the molecule is O=C(O)c1ccnc2ccc(N3CCO[C@H](C(F)(F)F)C3)cc12. The Bertz CT molecular complexity index is 748. The number of carboxylic acids is 1. The number of pyridine rings is 1. The number of aromatic carboxylic acids is 1. The number of halogens is 3. The topological polar surface area (TPSA) is 62.7 Å². The summed E-state index contributed by atoms with van der Waals surface area (Å²) in [5, 5.41) is 9.62. The molecule has 2 heterocycles. The van der Waals surface area contributed by atoms with Crippen molar-refractivity contribution >= 4 is 22.6 Å². The van der Waals surface area contributed by atoms with E-state index in [0.717, 1.165) is 0 Å². The number of carboxylic acid groups (broad SMARTS) is 1. The molecule has 0 aliphatic carbocycles. The average molecular weight is 326 g/mol. The van der Waals surface area contributed by atoms with Crippen molar-refractivity contribution in [1.29, 1.82) is 0 Å². The van der Waals surface area contributed by atoms with Gasteiger partial charge in [-0.2, -0.15) is 13.2 Å². The largest absolute Gasteiger partial charge is 0.478 e. The van der Waals surface area contributed by atoms with Crippen LogP contribution in [-0.4, -0.2) is 48.0 Å². The zero-order valence-corrected chi connectivity index (χ0v) is 11.9. The molecule has 23 heavy (non-hydrogen) atoms. The summed E-state index contributed by atoms with van der Waals surface area (Å²) in [4.78, 5) is 16.9. The summed E-state index contributed by atoms with van der Waals surface area (Å²) in [5.41, 5.74) is 1.07. The molecule has 1 saturated heterocycles. The molecule has 1 aliphatic rings. The number of nitrogens with zero attached hydrogens (tertiary/aromatic N) is 2. The third-order valence-electron chi connectivity index (χ3n) is 3.75. The van der Waals surface area contributed by atoms with Gasteiger partial charge in [0.1, 0.15) is 0 Å². The molecule has 1 atom stereocenters. The molecule has 1 aromatic carbocycles. The van der Waals surface area contributed by atoms with Crippen molar-refractivity contribution in [2.24, 2.45) is 0 Å². The highest BCUT2D eigenvalue weighted by molar-refractivity contribution is 6.03. The molecular formula is C15H13F3N2O3. The zero-order chi connectivity index (χ0) is 16.6. The van der Waals surface area contributed by atoms with Crippen LogP contribution in [0.1, 0.15) is 10.4 Å². The van der Waals surface area contributed by atoms with Crippen LogP contribution < -0.4 is 4.90 Å². The molecule has 2 aromatic rings. The number of alkyl halides is 3.